The van der Waals surface area contributed by atoms with E-state index in [1.807, 2.05) is 43.3 Å². The maximum Gasteiger partial charge on any atom is 0.258 e. The maximum atomic E-state index is 12.5. The highest BCUT2D eigenvalue weighted by Crippen LogP contribution is 2.32. The lowest BCUT2D eigenvalue weighted by atomic mass is 10.1. The van der Waals surface area contributed by atoms with E-state index in [1.54, 1.807) is 23.5 Å². The van der Waals surface area contributed by atoms with Crippen LogP contribution in [-0.2, 0) is 0 Å². The lowest BCUT2D eigenvalue weighted by molar-refractivity contribution is 0.0978. The van der Waals surface area contributed by atoms with Gasteiger partial charge in [0.25, 0.3) is 5.91 Å². The molecule has 4 aromatic rings. The van der Waals surface area contributed by atoms with Crippen LogP contribution in [0.1, 0.15) is 15.9 Å². The molecular formula is C22H15Cl2N3OS2. The van der Waals surface area contributed by atoms with Crippen molar-refractivity contribution in [3.05, 3.63) is 81.8 Å². The number of thiocarbonyl (C=S) groups is 1. The zero-order valence-electron chi connectivity index (χ0n) is 15.7. The highest BCUT2D eigenvalue weighted by atomic mass is 35.5. The van der Waals surface area contributed by atoms with Crippen molar-refractivity contribution in [2.45, 2.75) is 6.92 Å². The third kappa shape index (κ3) is 4.47. The molecule has 0 fully saturated rings. The number of benzene rings is 3. The third-order valence-corrected chi connectivity index (χ3v) is 6.27. The number of nitrogens with zero attached hydrogens (tertiary/aromatic N) is 1. The Bertz CT molecular complexity index is 1250. The molecule has 0 aliphatic heterocycles. The fourth-order valence-corrected chi connectivity index (χ4v) is 4.54. The van der Waals surface area contributed by atoms with Crippen LogP contribution in [0.15, 0.2) is 60.7 Å². The number of fused-ring (bicyclic) bond motifs is 1. The van der Waals surface area contributed by atoms with E-state index in [0.717, 1.165) is 32.0 Å². The summed E-state index contributed by atoms with van der Waals surface area (Å²) >= 11 is 18.9. The van der Waals surface area contributed by atoms with E-state index in [-0.39, 0.29) is 10.1 Å². The van der Waals surface area contributed by atoms with E-state index in [9.17, 15) is 4.79 Å². The Morgan fingerprint density at radius 2 is 1.87 bits per heavy atom. The molecule has 0 saturated heterocycles. The summed E-state index contributed by atoms with van der Waals surface area (Å²) < 4.78 is 1.13. The number of nitrogens with one attached hydrogen (secondary N) is 2. The highest BCUT2D eigenvalue weighted by Gasteiger charge is 2.14. The lowest BCUT2D eigenvalue weighted by Crippen LogP contribution is -2.34. The number of carbonyl (C=O) groups is 1. The largest absolute Gasteiger partial charge is 0.332 e. The summed E-state index contributed by atoms with van der Waals surface area (Å²) in [6, 6.07) is 18.7. The number of halogens is 2. The number of hydrogen-bond donors (Lipinski definition) is 2. The van der Waals surface area contributed by atoms with Gasteiger partial charge in [-0.2, -0.15) is 0 Å². The summed E-state index contributed by atoms with van der Waals surface area (Å²) in [5, 5.41) is 7.56. The van der Waals surface area contributed by atoms with E-state index in [4.69, 9.17) is 40.4 Å². The Kier molecular flexibility index (Phi) is 6.01. The first kappa shape index (κ1) is 20.8. The Labute approximate surface area is 192 Å². The van der Waals surface area contributed by atoms with Crippen molar-refractivity contribution < 1.29 is 4.79 Å². The number of thiazole rings is 1. The van der Waals surface area contributed by atoms with E-state index < -0.39 is 5.91 Å². The van der Waals surface area contributed by atoms with Gasteiger partial charge in [-0.3, -0.25) is 10.1 Å². The van der Waals surface area contributed by atoms with Gasteiger partial charge in [-0.15, -0.1) is 11.3 Å². The molecule has 0 radical (unpaired) electrons. The van der Waals surface area contributed by atoms with Gasteiger partial charge in [-0.05, 0) is 61.1 Å². The molecule has 150 valence electrons. The maximum absolute atomic E-state index is 12.5. The Hall–Kier alpha value is -2.51. The van der Waals surface area contributed by atoms with E-state index >= 15 is 0 Å². The summed E-state index contributed by atoms with van der Waals surface area (Å²) in [7, 11) is 0. The van der Waals surface area contributed by atoms with Gasteiger partial charge in [0.2, 0.25) is 0 Å². The second-order valence-corrected chi connectivity index (χ2v) is 8.83. The molecular weight excluding hydrogens is 457 g/mol. The summed E-state index contributed by atoms with van der Waals surface area (Å²) in [5.41, 5.74) is 4.01. The minimum absolute atomic E-state index is 0.176. The number of aryl methyl sites for hydroxylation is 1. The molecule has 8 heteroatoms. The van der Waals surface area contributed by atoms with E-state index in [1.165, 1.54) is 6.07 Å². The van der Waals surface area contributed by atoms with Crippen LogP contribution < -0.4 is 10.6 Å². The monoisotopic (exact) mass is 471 g/mol. The molecule has 0 atom stereocenters. The number of aromatic nitrogens is 1. The molecule has 0 spiro atoms. The molecule has 0 bridgehead atoms. The fourth-order valence-electron chi connectivity index (χ4n) is 2.88. The van der Waals surface area contributed by atoms with Crippen molar-refractivity contribution in [2.24, 2.45) is 0 Å². The number of amides is 1. The van der Waals surface area contributed by atoms with Gasteiger partial charge in [-0.1, -0.05) is 47.5 Å². The van der Waals surface area contributed by atoms with Gasteiger partial charge in [0.05, 0.1) is 20.8 Å². The highest BCUT2D eigenvalue weighted by molar-refractivity contribution is 7.80. The van der Waals surface area contributed by atoms with Crippen LogP contribution in [0.2, 0.25) is 10.0 Å². The lowest BCUT2D eigenvalue weighted by Gasteiger charge is -2.13. The molecule has 0 aliphatic carbocycles. The van der Waals surface area contributed by atoms with E-state index in [2.05, 4.69) is 16.7 Å². The smallest absolute Gasteiger partial charge is 0.258 e. The van der Waals surface area contributed by atoms with Crippen molar-refractivity contribution in [1.82, 2.24) is 10.3 Å². The molecule has 1 heterocycles. The summed E-state index contributed by atoms with van der Waals surface area (Å²) in [5.74, 6) is -0.408. The summed E-state index contributed by atoms with van der Waals surface area (Å²) in [4.78, 5) is 17.2. The standard InChI is InChI=1S/C22H15Cl2N3OS2/c1-12-6-7-13(21-25-17-4-2-3-5-19(17)30-21)10-18(12)26-22(29)27-20(28)15-9-8-14(23)11-16(15)24/h2-11H,1H3,(H2,26,27,28,29). The zero-order valence-corrected chi connectivity index (χ0v) is 18.8. The molecule has 3 aromatic carbocycles. The molecule has 1 aromatic heterocycles. The average Bonchev–Trinajstić information content (AvgIpc) is 3.13. The van der Waals surface area contributed by atoms with Gasteiger partial charge in [0.1, 0.15) is 5.01 Å². The van der Waals surface area contributed by atoms with Crippen molar-refractivity contribution in [1.29, 1.82) is 0 Å². The van der Waals surface area contributed by atoms with Gasteiger partial charge in [-0.25, -0.2) is 4.98 Å². The number of carbonyl (C=O) groups excluding carboxylic acids is 1. The predicted molar refractivity (Wildman–Crippen MR) is 130 cm³/mol. The number of anilines is 1. The summed E-state index contributed by atoms with van der Waals surface area (Å²) in [6.07, 6.45) is 0. The first-order valence-corrected chi connectivity index (χ1v) is 10.9. The van der Waals surface area contributed by atoms with Crippen LogP contribution in [-0.4, -0.2) is 16.0 Å². The number of hydrogen-bond acceptors (Lipinski definition) is 4. The normalized spacial score (nSPS) is 10.8. The van der Waals surface area contributed by atoms with Crippen LogP contribution in [0.3, 0.4) is 0 Å². The van der Waals surface area contributed by atoms with Crippen LogP contribution in [0.5, 0.6) is 0 Å². The molecule has 4 nitrogen and oxygen atoms in total. The van der Waals surface area contributed by atoms with Crippen LogP contribution in [0.4, 0.5) is 5.69 Å². The predicted octanol–water partition coefficient (Wildman–Crippen LogP) is 6.71. The molecule has 0 saturated carbocycles. The number of para-hydroxylation sites is 1. The van der Waals surface area contributed by atoms with Gasteiger partial charge >= 0.3 is 0 Å². The Morgan fingerprint density at radius 1 is 1.07 bits per heavy atom. The first-order chi connectivity index (χ1) is 14.4. The number of rotatable bonds is 3. The minimum Gasteiger partial charge on any atom is -0.332 e. The Balaban J connectivity index is 1.53. The first-order valence-electron chi connectivity index (χ1n) is 8.95. The van der Waals surface area contributed by atoms with Crippen LogP contribution >= 0.6 is 46.8 Å². The van der Waals surface area contributed by atoms with Crippen molar-refractivity contribution in [2.75, 3.05) is 5.32 Å². The van der Waals surface area contributed by atoms with Crippen LogP contribution in [0.25, 0.3) is 20.8 Å². The van der Waals surface area contributed by atoms with E-state index in [0.29, 0.717) is 10.6 Å². The Morgan fingerprint density at radius 3 is 2.63 bits per heavy atom. The molecule has 2 N–H and O–H groups in total. The van der Waals surface area contributed by atoms with Crippen molar-refractivity contribution in [3.63, 3.8) is 0 Å². The van der Waals surface area contributed by atoms with Gasteiger partial charge in [0, 0.05) is 16.3 Å². The fraction of sp³-hybridized carbons (Fsp3) is 0.0455. The second kappa shape index (κ2) is 8.70. The SMILES string of the molecule is Cc1ccc(-c2nc3ccccc3s2)cc1NC(=S)NC(=O)c1ccc(Cl)cc1Cl. The van der Waals surface area contributed by atoms with Crippen molar-refractivity contribution >= 4 is 73.7 Å². The summed E-state index contributed by atoms with van der Waals surface area (Å²) in [6.45, 7) is 1.96. The topological polar surface area (TPSA) is 54.0 Å². The quantitative estimate of drug-likeness (QED) is 0.326. The van der Waals surface area contributed by atoms with Gasteiger partial charge < -0.3 is 5.32 Å². The molecule has 30 heavy (non-hydrogen) atoms. The third-order valence-electron chi connectivity index (χ3n) is 4.43. The van der Waals surface area contributed by atoms with Gasteiger partial charge in [0.15, 0.2) is 5.11 Å². The zero-order chi connectivity index (χ0) is 21.3. The molecule has 0 unspecified atom stereocenters. The van der Waals surface area contributed by atoms with Crippen molar-refractivity contribution in [3.8, 4) is 10.6 Å². The molecule has 0 aliphatic rings. The molecule has 1 amide bonds. The second-order valence-electron chi connectivity index (χ2n) is 6.55. The van der Waals surface area contributed by atoms with Crippen LogP contribution in [0, 0.1) is 6.92 Å². The molecule has 4 rings (SSSR count). The minimum atomic E-state index is -0.408. The average molecular weight is 472 g/mol.